The molecular formula is C47H57N3O6Si. The number of nitrogens with zero attached hydrogens (tertiary/aromatic N) is 1. The van der Waals surface area contributed by atoms with E-state index >= 15 is 0 Å². The first-order valence-electron chi connectivity index (χ1n) is 19.7. The predicted molar refractivity (Wildman–Crippen MR) is 232 cm³/mol. The lowest BCUT2D eigenvalue weighted by Gasteiger charge is -2.25. The van der Waals surface area contributed by atoms with Gasteiger partial charge in [-0.05, 0) is 85.3 Å². The zero-order valence-electron chi connectivity index (χ0n) is 34.6. The monoisotopic (exact) mass is 787 g/mol. The maximum absolute atomic E-state index is 14.2. The molecule has 0 radical (unpaired) electrons. The van der Waals surface area contributed by atoms with E-state index in [0.717, 1.165) is 44.6 Å². The number of fused-ring (bicyclic) bond motifs is 1. The van der Waals surface area contributed by atoms with Crippen molar-refractivity contribution in [3.05, 3.63) is 147 Å². The molecule has 1 aromatic heterocycles. The van der Waals surface area contributed by atoms with E-state index in [0.29, 0.717) is 18.7 Å². The molecule has 0 bridgehead atoms. The molecule has 300 valence electrons. The molecular weight excluding hydrogens is 731 g/mol. The molecule has 1 heterocycles. The topological polar surface area (TPSA) is 116 Å². The molecule has 57 heavy (non-hydrogen) atoms. The number of rotatable bonds is 16. The first kappa shape index (κ1) is 42.8. The predicted octanol–water partition coefficient (Wildman–Crippen LogP) is 8.36. The van der Waals surface area contributed by atoms with Crippen molar-refractivity contribution < 1.29 is 23.9 Å². The van der Waals surface area contributed by atoms with E-state index in [1.54, 1.807) is 23.8 Å². The SMILES string of the molecule is Cc1ccc(Cn2ccc(C)c(NC(=O)[C@H](Cc3ccc(C(COCC[Si](C)(C)C)C(=O)OC(C)(C)C)cc3)NC(=O)Cc3cccc4ccccc34)c2=O)cc1. The highest BCUT2D eigenvalue weighted by molar-refractivity contribution is 6.76. The number of benzene rings is 4. The summed E-state index contributed by atoms with van der Waals surface area (Å²) in [6, 6.07) is 30.8. The standard InChI is InChI=1S/C47H57N3O6Si/c1-32-16-18-35(19-17-32)30-50-25-24-33(2)43(45(50)53)49-44(52)41(48-42(51)29-38-14-11-13-36-12-9-10-15-39(36)38)28-34-20-22-37(23-21-34)40(46(54)56-47(3,4)5)31-55-26-27-57(6,7)8/h9-25,40-41H,26-31H2,1-8H3,(H,48,51)(H,49,52)/t40?,41-/m0/s1. The molecule has 0 aliphatic carbocycles. The first-order valence-corrected chi connectivity index (χ1v) is 23.4. The fourth-order valence-electron chi connectivity index (χ4n) is 6.49. The number of hydrogen-bond donors (Lipinski definition) is 2. The van der Waals surface area contributed by atoms with Crippen LogP contribution in [0, 0.1) is 13.8 Å². The van der Waals surface area contributed by atoms with Crippen LogP contribution >= 0.6 is 0 Å². The van der Waals surface area contributed by atoms with Gasteiger partial charge in [-0.15, -0.1) is 0 Å². The van der Waals surface area contributed by atoms with E-state index in [1.807, 2.05) is 119 Å². The maximum Gasteiger partial charge on any atom is 0.316 e. The minimum Gasteiger partial charge on any atom is -0.459 e. The van der Waals surface area contributed by atoms with E-state index in [1.165, 1.54) is 0 Å². The average Bonchev–Trinajstić information content (AvgIpc) is 3.14. The van der Waals surface area contributed by atoms with Crippen LogP contribution in [0.3, 0.4) is 0 Å². The van der Waals surface area contributed by atoms with Crippen molar-refractivity contribution >= 4 is 42.3 Å². The summed E-state index contributed by atoms with van der Waals surface area (Å²) in [5, 5.41) is 7.83. The molecule has 4 aromatic carbocycles. The highest BCUT2D eigenvalue weighted by atomic mass is 28.3. The number of pyridine rings is 1. The fraction of sp³-hybridized carbons (Fsp3) is 0.362. The number of ether oxygens (including phenoxy) is 2. The number of aromatic nitrogens is 1. The third-order valence-electron chi connectivity index (χ3n) is 9.77. The number of nitrogens with one attached hydrogen (secondary N) is 2. The lowest BCUT2D eigenvalue weighted by molar-refractivity contribution is -0.158. The Morgan fingerprint density at radius 2 is 1.49 bits per heavy atom. The van der Waals surface area contributed by atoms with Gasteiger partial charge in [0.2, 0.25) is 11.8 Å². The van der Waals surface area contributed by atoms with E-state index in [4.69, 9.17) is 9.47 Å². The number of amides is 2. The van der Waals surface area contributed by atoms with E-state index in [-0.39, 0.29) is 42.6 Å². The van der Waals surface area contributed by atoms with Gasteiger partial charge in [-0.2, -0.15) is 0 Å². The van der Waals surface area contributed by atoms with Crippen molar-refractivity contribution in [3.8, 4) is 0 Å². The number of carbonyl (C=O) groups excluding carboxylic acids is 3. The average molecular weight is 788 g/mol. The third kappa shape index (κ3) is 12.6. The normalized spacial score (nSPS) is 12.8. The minimum absolute atomic E-state index is 0.0626. The van der Waals surface area contributed by atoms with Crippen LogP contribution in [0.1, 0.15) is 60.1 Å². The summed E-state index contributed by atoms with van der Waals surface area (Å²) in [6.07, 6.45) is 1.92. The van der Waals surface area contributed by atoms with Gasteiger partial charge >= 0.3 is 5.97 Å². The van der Waals surface area contributed by atoms with Gasteiger partial charge in [-0.3, -0.25) is 19.2 Å². The highest BCUT2D eigenvalue weighted by Gasteiger charge is 2.28. The van der Waals surface area contributed by atoms with Crippen molar-refractivity contribution in [2.45, 2.75) is 97.3 Å². The van der Waals surface area contributed by atoms with Crippen LogP contribution in [0.2, 0.25) is 25.7 Å². The van der Waals surface area contributed by atoms with Crippen LogP contribution in [0.25, 0.3) is 10.8 Å². The lowest BCUT2D eigenvalue weighted by atomic mass is 9.96. The zero-order chi connectivity index (χ0) is 41.3. The second-order valence-corrected chi connectivity index (χ2v) is 22.8. The van der Waals surface area contributed by atoms with Crippen molar-refractivity contribution in [2.24, 2.45) is 0 Å². The number of anilines is 1. The molecule has 0 spiro atoms. The Bertz CT molecular complexity index is 2230. The summed E-state index contributed by atoms with van der Waals surface area (Å²) in [6.45, 7) is 17.2. The van der Waals surface area contributed by atoms with E-state index < -0.39 is 31.5 Å². The summed E-state index contributed by atoms with van der Waals surface area (Å²) in [7, 11) is -1.33. The molecule has 0 saturated heterocycles. The highest BCUT2D eigenvalue weighted by Crippen LogP contribution is 2.24. The Morgan fingerprint density at radius 1 is 0.825 bits per heavy atom. The van der Waals surface area contributed by atoms with Crippen LogP contribution in [0.4, 0.5) is 5.69 Å². The largest absolute Gasteiger partial charge is 0.459 e. The maximum atomic E-state index is 14.2. The zero-order valence-corrected chi connectivity index (χ0v) is 35.6. The Balaban J connectivity index is 1.40. The molecule has 0 aliphatic heterocycles. The Labute approximate surface area is 337 Å². The molecule has 2 amide bonds. The van der Waals surface area contributed by atoms with Gasteiger partial charge in [-0.1, -0.05) is 116 Å². The summed E-state index contributed by atoms with van der Waals surface area (Å²) < 4.78 is 13.4. The minimum atomic E-state index is -1.33. The molecule has 5 aromatic rings. The Kier molecular flexibility index (Phi) is 14.1. The summed E-state index contributed by atoms with van der Waals surface area (Å²) in [4.78, 5) is 55.1. The van der Waals surface area contributed by atoms with Crippen molar-refractivity contribution in [1.29, 1.82) is 0 Å². The third-order valence-corrected chi connectivity index (χ3v) is 11.5. The van der Waals surface area contributed by atoms with Gasteiger partial charge in [0.1, 0.15) is 23.2 Å². The number of aryl methyl sites for hydroxylation is 2. The van der Waals surface area contributed by atoms with Gasteiger partial charge in [0.05, 0.1) is 19.6 Å². The van der Waals surface area contributed by atoms with Gasteiger partial charge in [0.25, 0.3) is 5.56 Å². The summed E-state index contributed by atoms with van der Waals surface area (Å²) in [5.74, 6) is -1.85. The second kappa shape index (κ2) is 18.7. The molecule has 2 atom stereocenters. The number of esters is 1. The quantitative estimate of drug-likeness (QED) is 0.0591. The van der Waals surface area contributed by atoms with Crippen molar-refractivity contribution in [1.82, 2.24) is 9.88 Å². The fourth-order valence-corrected chi connectivity index (χ4v) is 7.25. The van der Waals surface area contributed by atoms with E-state index in [9.17, 15) is 19.2 Å². The molecule has 5 rings (SSSR count). The number of hydrogen-bond acceptors (Lipinski definition) is 6. The molecule has 0 fully saturated rings. The first-order chi connectivity index (χ1) is 27.0. The van der Waals surface area contributed by atoms with Crippen LogP contribution in [-0.4, -0.2) is 55.3 Å². The Morgan fingerprint density at radius 3 is 2.18 bits per heavy atom. The van der Waals surface area contributed by atoms with Gasteiger partial charge in [0.15, 0.2) is 0 Å². The van der Waals surface area contributed by atoms with Crippen molar-refractivity contribution in [3.63, 3.8) is 0 Å². The lowest BCUT2D eigenvalue weighted by Crippen LogP contribution is -2.46. The molecule has 10 heteroatoms. The summed E-state index contributed by atoms with van der Waals surface area (Å²) in [5.41, 5.74) is 4.17. The van der Waals surface area contributed by atoms with Crippen LogP contribution in [0.15, 0.2) is 108 Å². The van der Waals surface area contributed by atoms with Crippen LogP contribution in [0.5, 0.6) is 0 Å². The second-order valence-electron chi connectivity index (χ2n) is 17.1. The van der Waals surface area contributed by atoms with Gasteiger partial charge in [0, 0.05) is 27.3 Å². The van der Waals surface area contributed by atoms with E-state index in [2.05, 4.69) is 30.3 Å². The van der Waals surface area contributed by atoms with Gasteiger partial charge in [-0.25, -0.2) is 0 Å². The smallest absolute Gasteiger partial charge is 0.316 e. The molecule has 1 unspecified atom stereocenters. The van der Waals surface area contributed by atoms with Crippen molar-refractivity contribution in [2.75, 3.05) is 18.5 Å². The summed E-state index contributed by atoms with van der Waals surface area (Å²) >= 11 is 0. The molecule has 0 aliphatic rings. The molecule has 0 saturated carbocycles. The Hall–Kier alpha value is -5.32. The van der Waals surface area contributed by atoms with Gasteiger partial charge < -0.3 is 24.7 Å². The molecule has 9 nitrogen and oxygen atoms in total. The van der Waals surface area contributed by atoms with Crippen LogP contribution in [-0.2, 0) is 43.2 Å². The molecule has 2 N–H and O–H groups in total. The van der Waals surface area contributed by atoms with Crippen LogP contribution < -0.4 is 16.2 Å². The number of carbonyl (C=O) groups is 3.